The lowest BCUT2D eigenvalue weighted by atomic mass is 9.93. The molecule has 0 saturated heterocycles. The van der Waals surface area contributed by atoms with Gasteiger partial charge in [0, 0.05) is 76.1 Å². The molecule has 0 amide bonds. The van der Waals surface area contributed by atoms with Gasteiger partial charge in [-0.05, 0) is 111 Å². The summed E-state index contributed by atoms with van der Waals surface area (Å²) in [7, 11) is -3.84. The lowest BCUT2D eigenvalue weighted by Gasteiger charge is -2.30. The number of ether oxygens (including phenoxy) is 2. The first kappa shape index (κ1) is 47.4. The second kappa shape index (κ2) is 20.9. The van der Waals surface area contributed by atoms with Crippen molar-refractivity contribution in [1.82, 2.24) is 28.9 Å². The van der Waals surface area contributed by atoms with Crippen LogP contribution in [0.4, 0.5) is 23.3 Å². The number of nitrogens with two attached hydrogens (primary N) is 2. The molecule has 11 rings (SSSR count). The van der Waals surface area contributed by atoms with Crippen LogP contribution in [0.25, 0.3) is 44.3 Å². The molecule has 2 saturated carbocycles. The van der Waals surface area contributed by atoms with Crippen LogP contribution in [0.1, 0.15) is 51.4 Å². The van der Waals surface area contributed by atoms with Gasteiger partial charge in [0.15, 0.2) is 0 Å². The summed E-state index contributed by atoms with van der Waals surface area (Å²) in [6.45, 7) is 0. The van der Waals surface area contributed by atoms with E-state index >= 15 is 0 Å². The van der Waals surface area contributed by atoms with E-state index in [2.05, 4.69) is 31.7 Å². The first-order valence-electron chi connectivity index (χ1n) is 23.6. The van der Waals surface area contributed by atoms with E-state index in [0.29, 0.717) is 44.4 Å². The molecule has 5 aromatic carbocycles. The standard InChI is InChI=1S/C30H28ClN5O3S.C24H24ClN5O/c31-27-18-33-30(34-21-7-6-8-23(17-21)39-22-15-13-20(32)14-16-22)35-29(27)26-19-36(28-12-5-4-11-25(26)28)40(37,38)24-9-2-1-3-10-24;25-21-14-28-24(30-23(21)20-13-27-22-7-2-1-6-19(20)22)29-16-4-3-5-18(12-16)31-17-10-8-15(26)9-11-17/h1-5,9-16,18-19,21,23H,6-8,17,32H2,(H,33,34,35);1-2,6-11,13-14,16,18,27H,3-5,12,26H2,(H,28,29,30). The Bertz CT molecular complexity index is 3390. The molecule has 4 heterocycles. The fourth-order valence-electron chi connectivity index (χ4n) is 9.37. The number of anilines is 4. The summed E-state index contributed by atoms with van der Waals surface area (Å²) in [5, 5.41) is 9.62. The molecule has 14 nitrogen and oxygen atoms in total. The minimum absolute atomic E-state index is 0.0582. The number of aromatic amines is 1. The van der Waals surface area contributed by atoms with E-state index in [1.54, 1.807) is 55.0 Å². The molecule has 71 heavy (non-hydrogen) atoms. The van der Waals surface area contributed by atoms with Gasteiger partial charge in [0.1, 0.15) is 23.7 Å². The smallest absolute Gasteiger partial charge is 0.268 e. The molecule has 0 spiro atoms. The number of halogens is 2. The van der Waals surface area contributed by atoms with Gasteiger partial charge in [0.2, 0.25) is 11.9 Å². The molecule has 9 aromatic rings. The number of hydrogen-bond acceptors (Lipinski definition) is 12. The summed E-state index contributed by atoms with van der Waals surface area (Å²) < 4.78 is 40.8. The Morgan fingerprint density at radius 1 is 0.606 bits per heavy atom. The van der Waals surface area contributed by atoms with Crippen molar-refractivity contribution < 1.29 is 17.9 Å². The van der Waals surface area contributed by atoms with Crippen molar-refractivity contribution in [2.45, 2.75) is 80.6 Å². The molecule has 0 radical (unpaired) electrons. The number of benzene rings is 5. The summed E-state index contributed by atoms with van der Waals surface area (Å²) in [6, 6.07) is 39.1. The monoisotopic (exact) mass is 1010 g/mol. The van der Waals surface area contributed by atoms with Gasteiger partial charge in [-0.15, -0.1) is 0 Å². The van der Waals surface area contributed by atoms with Crippen molar-refractivity contribution in [3.05, 3.63) is 162 Å². The molecule has 0 bridgehead atoms. The number of nitrogen functional groups attached to an aromatic ring is 2. The molecule has 2 fully saturated rings. The van der Waals surface area contributed by atoms with E-state index in [9.17, 15) is 8.42 Å². The first-order chi connectivity index (χ1) is 34.5. The van der Waals surface area contributed by atoms with E-state index in [4.69, 9.17) is 54.1 Å². The van der Waals surface area contributed by atoms with Gasteiger partial charge in [0.25, 0.3) is 10.0 Å². The number of aromatic nitrogens is 6. The van der Waals surface area contributed by atoms with Gasteiger partial charge in [-0.1, -0.05) is 77.8 Å². The molecule has 4 aromatic heterocycles. The Balaban J connectivity index is 0.000000169. The molecule has 7 N–H and O–H groups in total. The van der Waals surface area contributed by atoms with E-state index in [1.165, 1.54) is 3.97 Å². The highest BCUT2D eigenvalue weighted by Gasteiger charge is 2.27. The van der Waals surface area contributed by atoms with Crippen LogP contribution in [0.15, 0.2) is 157 Å². The molecule has 362 valence electrons. The van der Waals surface area contributed by atoms with E-state index < -0.39 is 10.0 Å². The fourth-order valence-corrected chi connectivity index (χ4v) is 11.1. The lowest BCUT2D eigenvalue weighted by molar-refractivity contribution is 0.148. The normalized spacial score (nSPS) is 18.1. The topological polar surface area (TPSA) is 201 Å². The van der Waals surface area contributed by atoms with Crippen LogP contribution in [0.2, 0.25) is 10.0 Å². The van der Waals surface area contributed by atoms with E-state index in [1.807, 2.05) is 91.1 Å². The van der Waals surface area contributed by atoms with Gasteiger partial charge < -0.3 is 36.6 Å². The highest BCUT2D eigenvalue weighted by Crippen LogP contribution is 2.37. The summed E-state index contributed by atoms with van der Waals surface area (Å²) >= 11 is 13.1. The Kier molecular flexibility index (Phi) is 14.0. The van der Waals surface area contributed by atoms with Crippen LogP contribution in [-0.2, 0) is 10.0 Å². The number of H-pyrrole nitrogens is 1. The van der Waals surface area contributed by atoms with E-state index in [-0.39, 0.29) is 29.2 Å². The Labute approximate surface area is 421 Å². The zero-order valence-electron chi connectivity index (χ0n) is 38.6. The molecule has 0 aliphatic heterocycles. The SMILES string of the molecule is Nc1ccc(OC2CCCC(Nc3ncc(Cl)c(-c4c[nH]c5ccccc45)n3)C2)cc1.Nc1ccc(OC2CCCC(Nc3ncc(Cl)c(-c4cn(S(=O)(=O)c5ccccc5)c5ccccc45)n3)C2)cc1. The number of nitrogens with one attached hydrogen (secondary N) is 3. The van der Waals surface area contributed by atoms with Gasteiger partial charge in [-0.2, -0.15) is 0 Å². The molecular formula is C54H52Cl2N10O4S. The second-order valence-corrected chi connectivity index (χ2v) is 20.5. The maximum Gasteiger partial charge on any atom is 0.268 e. The third-order valence-electron chi connectivity index (χ3n) is 12.9. The molecule has 2 aliphatic rings. The third kappa shape index (κ3) is 10.9. The van der Waals surface area contributed by atoms with Crippen LogP contribution in [0, 0.1) is 0 Å². The number of fused-ring (bicyclic) bond motifs is 2. The lowest BCUT2D eigenvalue weighted by Crippen LogP contribution is -2.33. The van der Waals surface area contributed by atoms with Crippen LogP contribution >= 0.6 is 23.2 Å². The van der Waals surface area contributed by atoms with Crippen molar-refractivity contribution in [2.24, 2.45) is 0 Å². The van der Waals surface area contributed by atoms with Crippen molar-refractivity contribution in [2.75, 3.05) is 22.1 Å². The minimum Gasteiger partial charge on any atom is -0.490 e. The highest BCUT2D eigenvalue weighted by molar-refractivity contribution is 7.90. The molecular weight excluding hydrogens is 956 g/mol. The third-order valence-corrected chi connectivity index (χ3v) is 15.1. The number of nitrogens with zero attached hydrogens (tertiary/aromatic N) is 5. The molecule has 4 unspecified atom stereocenters. The molecule has 17 heteroatoms. The maximum atomic E-state index is 13.6. The fraction of sp³-hybridized carbons (Fsp3) is 0.222. The van der Waals surface area contributed by atoms with Gasteiger partial charge in [-0.3, -0.25) is 0 Å². The first-order valence-corrected chi connectivity index (χ1v) is 25.8. The van der Waals surface area contributed by atoms with Crippen LogP contribution in [0.3, 0.4) is 0 Å². The van der Waals surface area contributed by atoms with E-state index in [0.717, 1.165) is 96.1 Å². The maximum absolute atomic E-state index is 13.6. The number of hydrogen-bond donors (Lipinski definition) is 5. The summed E-state index contributed by atoms with van der Waals surface area (Å²) in [5.41, 5.74) is 17.4. The summed E-state index contributed by atoms with van der Waals surface area (Å²) in [4.78, 5) is 21.8. The van der Waals surface area contributed by atoms with Crippen LogP contribution in [-0.4, -0.2) is 61.6 Å². The quantitative estimate of drug-likeness (QED) is 0.0726. The zero-order valence-corrected chi connectivity index (χ0v) is 40.9. The van der Waals surface area contributed by atoms with Crippen molar-refractivity contribution in [3.8, 4) is 34.0 Å². The number of rotatable bonds is 12. The van der Waals surface area contributed by atoms with Crippen LogP contribution in [0.5, 0.6) is 11.5 Å². The molecule has 2 aliphatic carbocycles. The average Bonchev–Trinajstić information content (AvgIpc) is 4.00. The zero-order chi connectivity index (χ0) is 48.9. The average molecular weight is 1010 g/mol. The van der Waals surface area contributed by atoms with Crippen molar-refractivity contribution in [3.63, 3.8) is 0 Å². The van der Waals surface area contributed by atoms with Gasteiger partial charge in [0.05, 0.1) is 44.2 Å². The second-order valence-electron chi connectivity index (χ2n) is 17.8. The predicted molar refractivity (Wildman–Crippen MR) is 284 cm³/mol. The summed E-state index contributed by atoms with van der Waals surface area (Å²) in [6.07, 6.45) is 14.7. The highest BCUT2D eigenvalue weighted by atomic mass is 35.5. The Morgan fingerprint density at radius 3 is 1.69 bits per heavy atom. The van der Waals surface area contributed by atoms with Crippen molar-refractivity contribution in [1.29, 1.82) is 0 Å². The largest absolute Gasteiger partial charge is 0.490 e. The van der Waals surface area contributed by atoms with Gasteiger partial charge >= 0.3 is 0 Å². The summed E-state index contributed by atoms with van der Waals surface area (Å²) in [5.74, 6) is 2.67. The Hall–Kier alpha value is -7.33. The predicted octanol–water partition coefficient (Wildman–Crippen LogP) is 12.0. The van der Waals surface area contributed by atoms with Gasteiger partial charge in [-0.25, -0.2) is 32.3 Å². The minimum atomic E-state index is -3.84. The molecule has 4 atom stereocenters. The Morgan fingerprint density at radius 2 is 1.11 bits per heavy atom. The van der Waals surface area contributed by atoms with Crippen LogP contribution < -0.4 is 31.6 Å². The number of para-hydroxylation sites is 2. The van der Waals surface area contributed by atoms with Crippen molar-refractivity contribution >= 4 is 78.3 Å².